The highest BCUT2D eigenvalue weighted by atomic mass is 16.5. The fourth-order valence-electron chi connectivity index (χ4n) is 10.3. The van der Waals surface area contributed by atoms with Crippen LogP contribution in [0, 0.1) is 23.7 Å². The van der Waals surface area contributed by atoms with E-state index < -0.39 is 17.9 Å². The molecule has 2 amide bonds. The molecule has 81 heavy (non-hydrogen) atoms. The molecule has 1 fully saturated rings. The summed E-state index contributed by atoms with van der Waals surface area (Å²) in [6.45, 7) is 3.13. The summed E-state index contributed by atoms with van der Waals surface area (Å²) in [6.07, 6.45) is 32.1. The van der Waals surface area contributed by atoms with Crippen LogP contribution in [0.1, 0.15) is 232 Å². The number of aliphatic carboxylic acids is 2. The van der Waals surface area contributed by atoms with Crippen LogP contribution in [0.2, 0.25) is 0 Å². The van der Waals surface area contributed by atoms with Crippen LogP contribution in [-0.2, 0) is 68.5 Å². The van der Waals surface area contributed by atoms with Crippen molar-refractivity contribution in [3.63, 3.8) is 0 Å². The van der Waals surface area contributed by atoms with Crippen LogP contribution < -0.4 is 10.6 Å². The lowest BCUT2D eigenvalue weighted by Gasteiger charge is -2.28. The van der Waals surface area contributed by atoms with E-state index in [1.807, 2.05) is 0 Å². The number of aromatic nitrogens is 2. The van der Waals surface area contributed by atoms with Gasteiger partial charge in [-0.25, -0.2) is 4.98 Å². The molecule has 19 nitrogen and oxygen atoms in total. The fraction of sp³-hybridized carbons (Fsp3) is 0.806. The molecule has 19 heteroatoms. The highest BCUT2D eigenvalue weighted by Gasteiger charge is 2.30. The first kappa shape index (κ1) is 72.4. The molecular formula is C62H106N4O15. The highest BCUT2D eigenvalue weighted by Crippen LogP contribution is 2.34. The van der Waals surface area contributed by atoms with Gasteiger partial charge in [-0.1, -0.05) is 103 Å². The molecule has 0 spiro atoms. The maximum absolute atomic E-state index is 13.1. The van der Waals surface area contributed by atoms with Crippen LogP contribution in [0.25, 0.3) is 0 Å². The monoisotopic (exact) mass is 1150 g/mol. The zero-order valence-electron chi connectivity index (χ0n) is 49.4. The zero-order valence-corrected chi connectivity index (χ0v) is 49.4. The second kappa shape index (κ2) is 48.8. The summed E-state index contributed by atoms with van der Waals surface area (Å²) in [5.74, 6) is -3.09. The largest absolute Gasteiger partial charge is 0.481 e. The zero-order chi connectivity index (χ0) is 59.0. The third-order valence-corrected chi connectivity index (χ3v) is 15.4. The number of aryl methyl sites for hydroxylation is 1. The Morgan fingerprint density at radius 3 is 1.60 bits per heavy atom. The van der Waals surface area contributed by atoms with E-state index in [1.54, 1.807) is 12.5 Å². The molecule has 0 unspecified atom stereocenters. The molecule has 2 rings (SSSR count). The number of carbonyl (C=O) groups excluding carboxylic acids is 7. The van der Waals surface area contributed by atoms with Crippen molar-refractivity contribution in [2.45, 2.75) is 232 Å². The van der Waals surface area contributed by atoms with Crippen molar-refractivity contribution in [2.24, 2.45) is 23.7 Å². The van der Waals surface area contributed by atoms with Gasteiger partial charge < -0.3 is 44.8 Å². The molecule has 0 bridgehead atoms. The Kier molecular flexibility index (Phi) is 43.6. The minimum atomic E-state index is -1.08. The van der Waals surface area contributed by atoms with E-state index in [0.29, 0.717) is 75.9 Å². The first-order chi connectivity index (χ1) is 39.2. The van der Waals surface area contributed by atoms with Crippen molar-refractivity contribution in [3.8, 4) is 0 Å². The summed E-state index contributed by atoms with van der Waals surface area (Å²) < 4.78 is 21.7. The van der Waals surface area contributed by atoms with Gasteiger partial charge in [-0.15, -0.1) is 0 Å². The Labute approximate surface area is 484 Å². The lowest BCUT2D eigenvalue weighted by molar-refractivity contribution is -0.145. The third-order valence-electron chi connectivity index (χ3n) is 15.4. The number of Topliss-reactive ketones (excluding diaryl/α,β-unsaturated/α-hetero) is 5. The molecule has 1 saturated carbocycles. The predicted octanol–water partition coefficient (Wildman–Crippen LogP) is 10.3. The van der Waals surface area contributed by atoms with Gasteiger partial charge in [0.25, 0.3) is 0 Å². The minimum Gasteiger partial charge on any atom is -0.481 e. The van der Waals surface area contributed by atoms with Gasteiger partial charge in [-0.2, -0.15) is 0 Å². The second-order valence-corrected chi connectivity index (χ2v) is 22.4. The number of carbonyl (C=O) groups is 9. The Bertz CT molecular complexity index is 1890. The molecule has 0 saturated heterocycles. The number of imidazole rings is 1. The highest BCUT2D eigenvalue weighted by molar-refractivity contribution is 5.87. The minimum absolute atomic E-state index is 0. The van der Waals surface area contributed by atoms with Crippen LogP contribution >= 0.6 is 0 Å². The van der Waals surface area contributed by atoms with Crippen molar-refractivity contribution < 1.29 is 73.7 Å². The molecule has 1 aromatic rings. The van der Waals surface area contributed by atoms with E-state index in [0.717, 1.165) is 69.9 Å². The summed E-state index contributed by atoms with van der Waals surface area (Å²) in [4.78, 5) is 116. The van der Waals surface area contributed by atoms with Crippen molar-refractivity contribution in [2.75, 3.05) is 65.9 Å². The molecule has 5 N–H and O–H groups in total. The maximum Gasteiger partial charge on any atom is 0.306 e. The van der Waals surface area contributed by atoms with Gasteiger partial charge in [-0.3, -0.25) is 43.2 Å². The van der Waals surface area contributed by atoms with E-state index in [9.17, 15) is 48.3 Å². The number of amides is 2. The quantitative estimate of drug-likeness (QED) is 0.0379. The summed E-state index contributed by atoms with van der Waals surface area (Å²) in [5, 5.41) is 23.9. The van der Waals surface area contributed by atoms with Gasteiger partial charge in [0.05, 0.1) is 51.9 Å². The van der Waals surface area contributed by atoms with E-state index in [1.165, 1.54) is 77.6 Å². The average molecular weight is 1150 g/mol. The molecule has 1 aliphatic rings. The molecular weight excluding hydrogens is 1040 g/mol. The lowest BCUT2D eigenvalue weighted by atomic mass is 9.76. The molecule has 0 aromatic carbocycles. The average Bonchev–Trinajstić information content (AvgIpc) is 3.98. The summed E-state index contributed by atoms with van der Waals surface area (Å²) in [6, 6.07) is 0. The van der Waals surface area contributed by atoms with Crippen molar-refractivity contribution in [1.82, 2.24) is 20.6 Å². The van der Waals surface area contributed by atoms with E-state index in [-0.39, 0.29) is 140 Å². The third kappa shape index (κ3) is 41.9. The number of nitrogens with zero attached hydrogens (tertiary/aromatic N) is 1. The standard InChI is InChI=1S/C62H104N4O15.H2/c1-49(67)52(43-56(69)33-31-54-45-63-48-66-54)21-17-16-19-23-57(70)46-80-41-39-79-38-36-65-60(73)47-81-42-40-78-37-35-64-59(72)34-30-53(62(76)77)44-58(71)51-28-25-50(26-29-51)27-32-55(68)22-18-14-12-10-8-6-4-2-3-5-7-9-11-13-15-20-24-61(74)75;/h45,48,50-53H,2-44,46-47H2,1H3,(H,63,66)(H,64,72)(H,65,73)(H,74,75)(H,76,77);1H/t50?,51?,52-,53-;/m1./s1. The van der Waals surface area contributed by atoms with E-state index in [4.69, 9.17) is 24.1 Å². The van der Waals surface area contributed by atoms with Gasteiger partial charge in [0.1, 0.15) is 36.3 Å². The number of rotatable bonds is 57. The van der Waals surface area contributed by atoms with Gasteiger partial charge in [0.2, 0.25) is 11.8 Å². The molecule has 1 aliphatic carbocycles. The van der Waals surface area contributed by atoms with Crippen LogP contribution in [0.4, 0.5) is 0 Å². The maximum atomic E-state index is 13.1. The van der Waals surface area contributed by atoms with Crippen molar-refractivity contribution in [3.05, 3.63) is 18.2 Å². The molecule has 0 aliphatic heterocycles. The number of carboxylic acid groups (broad SMARTS) is 2. The predicted molar refractivity (Wildman–Crippen MR) is 311 cm³/mol. The van der Waals surface area contributed by atoms with E-state index in [2.05, 4.69) is 20.6 Å². The Hall–Kier alpha value is -4.72. The number of aromatic amines is 1. The summed E-state index contributed by atoms with van der Waals surface area (Å²) in [5.41, 5.74) is 0.892. The number of carboxylic acids is 2. The van der Waals surface area contributed by atoms with Gasteiger partial charge in [0.15, 0.2) is 5.78 Å². The van der Waals surface area contributed by atoms with Crippen molar-refractivity contribution in [1.29, 1.82) is 0 Å². The first-order valence-corrected chi connectivity index (χ1v) is 31.1. The smallest absolute Gasteiger partial charge is 0.306 e. The topological polar surface area (TPSA) is 284 Å². The van der Waals surface area contributed by atoms with Crippen LogP contribution in [-0.4, -0.2) is 139 Å². The van der Waals surface area contributed by atoms with Crippen LogP contribution in [0.15, 0.2) is 12.5 Å². The first-order valence-electron chi connectivity index (χ1n) is 31.1. The van der Waals surface area contributed by atoms with Crippen LogP contribution in [0.5, 0.6) is 0 Å². The number of ether oxygens (including phenoxy) is 4. The molecule has 464 valence electrons. The number of hydrogen-bond acceptors (Lipinski definition) is 14. The second-order valence-electron chi connectivity index (χ2n) is 22.4. The SMILES string of the molecule is CC(=O)[C@H](CCCCCC(=O)COCCOCCNC(=O)COCCOCCNC(=O)CC[C@H](CC(=O)C1CCC(CCC(=O)CCCCCCCCCCCCCCCCCCC(=O)O)CC1)C(=O)O)CC(=O)CCc1cnc[nH]1.[HH]. The Morgan fingerprint density at radius 2 is 1.06 bits per heavy atom. The van der Waals surface area contributed by atoms with Crippen LogP contribution in [0.3, 0.4) is 0 Å². The van der Waals surface area contributed by atoms with Crippen molar-refractivity contribution >= 4 is 52.7 Å². The molecule has 1 aromatic heterocycles. The van der Waals surface area contributed by atoms with Gasteiger partial charge in [-0.05, 0) is 83.5 Å². The normalized spacial score (nSPS) is 15.0. The number of ketones is 5. The van der Waals surface area contributed by atoms with E-state index >= 15 is 0 Å². The number of unbranched alkanes of at least 4 members (excludes halogenated alkanes) is 17. The lowest BCUT2D eigenvalue weighted by Crippen LogP contribution is -2.31. The molecule has 1 heterocycles. The van der Waals surface area contributed by atoms with Gasteiger partial charge in [0, 0.05) is 89.6 Å². The molecule has 2 atom stereocenters. The summed E-state index contributed by atoms with van der Waals surface area (Å²) >= 11 is 0. The number of hydrogen-bond donors (Lipinski definition) is 5. The fourth-order valence-corrected chi connectivity index (χ4v) is 10.3. The number of H-pyrrole nitrogens is 1. The van der Waals surface area contributed by atoms with Gasteiger partial charge >= 0.3 is 11.9 Å². The Morgan fingerprint density at radius 1 is 0.543 bits per heavy atom. The summed E-state index contributed by atoms with van der Waals surface area (Å²) in [7, 11) is 0. The number of nitrogens with one attached hydrogen (secondary N) is 3. The Balaban J connectivity index is 0.0000336. The molecule has 0 radical (unpaired) electrons.